The van der Waals surface area contributed by atoms with Crippen molar-refractivity contribution in [3.63, 3.8) is 0 Å². The van der Waals surface area contributed by atoms with Gasteiger partial charge in [0, 0.05) is 64.1 Å². The Morgan fingerprint density at radius 2 is 1.48 bits per heavy atom. The van der Waals surface area contributed by atoms with E-state index in [0.29, 0.717) is 51.5 Å². The van der Waals surface area contributed by atoms with Crippen LogP contribution >= 0.6 is 0 Å². The number of para-hydroxylation sites is 2. The zero-order valence-electron chi connectivity index (χ0n) is 17.3. The summed E-state index contributed by atoms with van der Waals surface area (Å²) in [7, 11) is 0. The Balaban J connectivity index is 1.25. The summed E-state index contributed by atoms with van der Waals surface area (Å²) in [5, 5.41) is 11.3. The molecule has 2 aromatic carbocycles. The minimum Gasteiger partial charge on any atom is -0.368 e. The van der Waals surface area contributed by atoms with E-state index in [1.165, 1.54) is 18.2 Å². The number of hydrogen-bond donors (Lipinski definition) is 0. The molecule has 0 N–H and O–H groups in total. The number of piperazine rings is 2. The molecule has 31 heavy (non-hydrogen) atoms. The smallest absolute Gasteiger partial charge is 0.292 e. The second-order valence-corrected chi connectivity index (χ2v) is 7.85. The molecular formula is C22H26FN5O3. The lowest BCUT2D eigenvalue weighted by atomic mass is 10.2. The molecule has 0 spiro atoms. The third kappa shape index (κ3) is 4.93. The van der Waals surface area contributed by atoms with Crippen LogP contribution in [0.1, 0.15) is 0 Å². The quantitative estimate of drug-likeness (QED) is 0.538. The maximum atomic E-state index is 13.1. The summed E-state index contributed by atoms with van der Waals surface area (Å²) in [6.07, 6.45) is 0. The number of carbonyl (C=O) groups is 1. The summed E-state index contributed by atoms with van der Waals surface area (Å²) < 4.78 is 13.1. The van der Waals surface area contributed by atoms with Gasteiger partial charge in [0.05, 0.1) is 11.5 Å². The van der Waals surface area contributed by atoms with Crippen molar-refractivity contribution in [1.29, 1.82) is 0 Å². The fourth-order valence-corrected chi connectivity index (χ4v) is 4.19. The lowest BCUT2D eigenvalue weighted by Crippen LogP contribution is -2.54. The number of nitrogens with zero attached hydrogens (tertiary/aromatic N) is 5. The fourth-order valence-electron chi connectivity index (χ4n) is 4.19. The number of rotatable bonds is 5. The second-order valence-electron chi connectivity index (χ2n) is 7.85. The first kappa shape index (κ1) is 21.0. The molecule has 0 aliphatic carbocycles. The van der Waals surface area contributed by atoms with Crippen LogP contribution in [-0.4, -0.2) is 79.5 Å². The van der Waals surface area contributed by atoms with E-state index >= 15 is 0 Å². The van der Waals surface area contributed by atoms with Crippen molar-refractivity contribution in [3.05, 3.63) is 64.5 Å². The van der Waals surface area contributed by atoms with Crippen LogP contribution in [0.5, 0.6) is 0 Å². The highest BCUT2D eigenvalue weighted by molar-refractivity contribution is 5.78. The lowest BCUT2D eigenvalue weighted by Gasteiger charge is -2.39. The normalized spacial score (nSPS) is 17.6. The van der Waals surface area contributed by atoms with E-state index in [1.807, 2.05) is 15.9 Å². The van der Waals surface area contributed by atoms with Crippen molar-refractivity contribution in [2.75, 3.05) is 68.7 Å². The first-order valence-corrected chi connectivity index (χ1v) is 10.5. The molecule has 9 heteroatoms. The average molecular weight is 427 g/mol. The van der Waals surface area contributed by atoms with E-state index in [2.05, 4.69) is 9.80 Å². The predicted octanol–water partition coefficient (Wildman–Crippen LogP) is 2.20. The number of amides is 1. The summed E-state index contributed by atoms with van der Waals surface area (Å²) in [5.74, 6) is -0.141. The first-order chi connectivity index (χ1) is 15.0. The van der Waals surface area contributed by atoms with E-state index in [0.717, 1.165) is 18.8 Å². The molecule has 0 saturated carbocycles. The van der Waals surface area contributed by atoms with Crippen molar-refractivity contribution in [3.8, 4) is 0 Å². The van der Waals surface area contributed by atoms with Crippen LogP contribution in [0, 0.1) is 15.9 Å². The molecule has 4 rings (SSSR count). The SMILES string of the molecule is O=C(CN1CCN(c2ccccc2[N+](=O)[O-])CC1)N1CCN(c2ccc(F)cc2)CC1. The van der Waals surface area contributed by atoms with Crippen LogP contribution in [0.4, 0.5) is 21.5 Å². The first-order valence-electron chi connectivity index (χ1n) is 10.5. The lowest BCUT2D eigenvalue weighted by molar-refractivity contribution is -0.384. The number of benzene rings is 2. The minimum atomic E-state index is -0.350. The van der Waals surface area contributed by atoms with Gasteiger partial charge < -0.3 is 14.7 Å². The van der Waals surface area contributed by atoms with Crippen molar-refractivity contribution >= 4 is 23.0 Å². The zero-order valence-corrected chi connectivity index (χ0v) is 17.3. The number of hydrogen-bond acceptors (Lipinski definition) is 6. The Hall–Kier alpha value is -3.20. The molecule has 0 unspecified atom stereocenters. The molecule has 2 aromatic rings. The average Bonchev–Trinajstić information content (AvgIpc) is 2.80. The van der Waals surface area contributed by atoms with E-state index in [1.54, 1.807) is 24.3 Å². The Labute approximate surface area is 180 Å². The van der Waals surface area contributed by atoms with Crippen LogP contribution < -0.4 is 9.80 Å². The van der Waals surface area contributed by atoms with Crippen molar-refractivity contribution < 1.29 is 14.1 Å². The maximum absolute atomic E-state index is 13.1. The van der Waals surface area contributed by atoms with Crippen LogP contribution in [0.15, 0.2) is 48.5 Å². The predicted molar refractivity (Wildman–Crippen MR) is 117 cm³/mol. The molecule has 2 saturated heterocycles. The number of anilines is 2. The van der Waals surface area contributed by atoms with Gasteiger partial charge in [0.2, 0.25) is 5.91 Å². The summed E-state index contributed by atoms with van der Waals surface area (Å²) in [5.41, 5.74) is 1.72. The van der Waals surface area contributed by atoms with Crippen LogP contribution in [0.25, 0.3) is 0 Å². The highest BCUT2D eigenvalue weighted by Gasteiger charge is 2.27. The molecular weight excluding hydrogens is 401 g/mol. The fraction of sp³-hybridized carbons (Fsp3) is 0.409. The maximum Gasteiger partial charge on any atom is 0.292 e. The number of nitro groups is 1. The summed E-state index contributed by atoms with van der Waals surface area (Å²) >= 11 is 0. The van der Waals surface area contributed by atoms with E-state index in [-0.39, 0.29) is 22.3 Å². The summed E-state index contributed by atoms with van der Waals surface area (Å²) in [6.45, 7) is 5.78. The Bertz CT molecular complexity index is 923. The van der Waals surface area contributed by atoms with Crippen LogP contribution in [0.2, 0.25) is 0 Å². The summed E-state index contributed by atoms with van der Waals surface area (Å²) in [6, 6.07) is 13.2. The van der Waals surface area contributed by atoms with Gasteiger partial charge >= 0.3 is 0 Å². The summed E-state index contributed by atoms with van der Waals surface area (Å²) in [4.78, 5) is 31.9. The van der Waals surface area contributed by atoms with Gasteiger partial charge in [0.25, 0.3) is 5.69 Å². The van der Waals surface area contributed by atoms with E-state index < -0.39 is 0 Å². The molecule has 164 valence electrons. The van der Waals surface area contributed by atoms with Crippen molar-refractivity contribution in [1.82, 2.24) is 9.80 Å². The Morgan fingerprint density at radius 1 is 0.871 bits per heavy atom. The van der Waals surface area contributed by atoms with E-state index in [4.69, 9.17) is 0 Å². The van der Waals surface area contributed by atoms with Gasteiger partial charge in [0.15, 0.2) is 0 Å². The molecule has 0 aromatic heterocycles. The molecule has 2 aliphatic heterocycles. The van der Waals surface area contributed by atoms with Crippen LogP contribution in [0.3, 0.4) is 0 Å². The molecule has 0 radical (unpaired) electrons. The highest BCUT2D eigenvalue weighted by Crippen LogP contribution is 2.28. The van der Waals surface area contributed by atoms with Crippen LogP contribution in [-0.2, 0) is 4.79 Å². The molecule has 2 fully saturated rings. The largest absolute Gasteiger partial charge is 0.368 e. The van der Waals surface area contributed by atoms with E-state index in [9.17, 15) is 19.3 Å². The molecule has 0 bridgehead atoms. The monoisotopic (exact) mass is 427 g/mol. The highest BCUT2D eigenvalue weighted by atomic mass is 19.1. The van der Waals surface area contributed by atoms with Gasteiger partial charge in [-0.1, -0.05) is 12.1 Å². The van der Waals surface area contributed by atoms with Gasteiger partial charge in [-0.25, -0.2) is 4.39 Å². The molecule has 0 atom stereocenters. The number of nitro benzene ring substituents is 1. The standard InChI is InChI=1S/C22H26FN5O3/c23-18-5-7-19(8-6-18)25-13-15-27(16-14-25)22(29)17-24-9-11-26(12-10-24)20-3-1-2-4-21(20)28(30)31/h1-8H,9-17H2. The van der Waals surface area contributed by atoms with Gasteiger partial charge in [-0.2, -0.15) is 0 Å². The third-order valence-corrected chi connectivity index (χ3v) is 5.97. The van der Waals surface area contributed by atoms with Crippen molar-refractivity contribution in [2.24, 2.45) is 0 Å². The number of carbonyl (C=O) groups excluding carboxylic acids is 1. The third-order valence-electron chi connectivity index (χ3n) is 5.97. The Morgan fingerprint density at radius 3 is 2.13 bits per heavy atom. The van der Waals surface area contributed by atoms with Crippen molar-refractivity contribution in [2.45, 2.75) is 0 Å². The zero-order chi connectivity index (χ0) is 21.8. The molecule has 1 amide bonds. The Kier molecular flexibility index (Phi) is 6.31. The van der Waals surface area contributed by atoms with Gasteiger partial charge in [0.1, 0.15) is 11.5 Å². The molecule has 2 aliphatic rings. The van der Waals surface area contributed by atoms with Gasteiger partial charge in [-0.15, -0.1) is 0 Å². The molecule has 8 nitrogen and oxygen atoms in total. The second kappa shape index (κ2) is 9.30. The van der Waals surface area contributed by atoms with Gasteiger partial charge in [-0.3, -0.25) is 19.8 Å². The topological polar surface area (TPSA) is 73.2 Å². The molecule has 2 heterocycles. The number of halogens is 1. The minimum absolute atomic E-state index is 0.109. The van der Waals surface area contributed by atoms with Gasteiger partial charge in [-0.05, 0) is 30.3 Å².